The molecule has 0 amide bonds. The van der Waals surface area contributed by atoms with Crippen molar-refractivity contribution in [2.45, 2.75) is 55.6 Å². The molecule has 1 aliphatic carbocycles. The highest BCUT2D eigenvalue weighted by molar-refractivity contribution is 8.22. The van der Waals surface area contributed by atoms with Crippen molar-refractivity contribution in [1.82, 2.24) is 23.9 Å². The van der Waals surface area contributed by atoms with Crippen LogP contribution in [-0.2, 0) is 26.2 Å². The van der Waals surface area contributed by atoms with E-state index in [1.54, 1.807) is 28.3 Å². The third kappa shape index (κ3) is 5.57. The van der Waals surface area contributed by atoms with Crippen molar-refractivity contribution in [3.8, 4) is 5.69 Å². The summed E-state index contributed by atoms with van der Waals surface area (Å²) >= 11 is 0. The van der Waals surface area contributed by atoms with Gasteiger partial charge in [-0.1, -0.05) is 30.7 Å². The number of aromatic carboxylic acids is 1. The maximum atomic E-state index is 13.4. The molecule has 1 aliphatic heterocycles. The Labute approximate surface area is 248 Å². The van der Waals surface area contributed by atoms with Crippen molar-refractivity contribution in [2.24, 2.45) is 13.0 Å². The van der Waals surface area contributed by atoms with Gasteiger partial charge in [0.1, 0.15) is 0 Å². The molecule has 0 saturated heterocycles. The predicted molar refractivity (Wildman–Crippen MR) is 154 cm³/mol. The summed E-state index contributed by atoms with van der Waals surface area (Å²) in [7, 11) is -1.81. The van der Waals surface area contributed by atoms with Crippen molar-refractivity contribution in [2.75, 3.05) is 6.54 Å². The molecule has 3 N–H and O–H groups in total. The molecule has 0 bridgehead atoms. The topological polar surface area (TPSA) is 117 Å². The highest BCUT2D eigenvalue weighted by atomic mass is 32.3. The van der Waals surface area contributed by atoms with Gasteiger partial charge in [-0.15, -0.1) is 15.9 Å². The second kappa shape index (κ2) is 10.8. The summed E-state index contributed by atoms with van der Waals surface area (Å²) in [5, 5.41) is 18.2. The predicted octanol–water partition coefficient (Wildman–Crippen LogP) is 6.70. The van der Waals surface area contributed by atoms with E-state index in [1.165, 1.54) is 6.07 Å². The molecule has 3 atom stereocenters. The second-order valence-electron chi connectivity index (χ2n) is 11.4. The van der Waals surface area contributed by atoms with Crippen LogP contribution in [0.4, 0.5) is 13.2 Å². The van der Waals surface area contributed by atoms with Gasteiger partial charge in [0.15, 0.2) is 0 Å². The summed E-state index contributed by atoms with van der Waals surface area (Å²) in [4.78, 5) is 12.3. The van der Waals surface area contributed by atoms with Gasteiger partial charge >= 0.3 is 12.1 Å². The third-order valence-corrected chi connectivity index (χ3v) is 10.4. The van der Waals surface area contributed by atoms with Gasteiger partial charge in [0, 0.05) is 55.7 Å². The number of hydrogen-bond donors (Lipinski definition) is 3. The number of hydrogen-bond acceptors (Lipinski definition) is 6. The van der Waals surface area contributed by atoms with Gasteiger partial charge in [-0.05, 0) is 66.3 Å². The molecule has 2 aliphatic rings. The molecule has 6 rings (SSSR count). The van der Waals surface area contributed by atoms with Gasteiger partial charge in [-0.3, -0.25) is 13.8 Å². The van der Waals surface area contributed by atoms with Gasteiger partial charge in [0.25, 0.3) is 0 Å². The number of alkyl halides is 3. The number of rotatable bonds is 7. The van der Waals surface area contributed by atoms with Crippen molar-refractivity contribution in [3.63, 3.8) is 0 Å². The molecular weight excluding hydrogens is 583 g/mol. The van der Waals surface area contributed by atoms with Gasteiger partial charge in [-0.2, -0.15) is 17.5 Å². The number of aromatic nitrogens is 4. The summed E-state index contributed by atoms with van der Waals surface area (Å²) in [6.45, 7) is 2.37. The van der Waals surface area contributed by atoms with Crippen LogP contribution in [0.3, 0.4) is 0 Å². The maximum absolute atomic E-state index is 13.4. The first-order chi connectivity index (χ1) is 20.4. The Morgan fingerprint density at radius 3 is 2.58 bits per heavy atom. The molecule has 43 heavy (non-hydrogen) atoms. The highest BCUT2D eigenvalue weighted by Crippen LogP contribution is 2.57. The second-order valence-corrected chi connectivity index (χ2v) is 13.4. The van der Waals surface area contributed by atoms with Crippen LogP contribution >= 0.6 is 10.8 Å². The number of carboxylic acids is 1. The summed E-state index contributed by atoms with van der Waals surface area (Å²) in [6, 6.07) is 12.1. The quantitative estimate of drug-likeness (QED) is 0.212. The van der Waals surface area contributed by atoms with Crippen LogP contribution in [-0.4, -0.2) is 50.6 Å². The van der Waals surface area contributed by atoms with E-state index in [9.17, 15) is 32.2 Å². The molecular formula is C30H32F3N5O4S. The third-order valence-electron chi connectivity index (χ3n) is 8.44. The van der Waals surface area contributed by atoms with Crippen molar-refractivity contribution in [3.05, 3.63) is 94.6 Å². The number of aryl methyl sites for hydroxylation is 1. The summed E-state index contributed by atoms with van der Waals surface area (Å²) in [5.74, 6) is -1.10. The molecule has 228 valence electrons. The van der Waals surface area contributed by atoms with E-state index in [0.29, 0.717) is 30.6 Å². The average Bonchev–Trinajstić information content (AvgIpc) is 3.43. The molecule has 1 unspecified atom stereocenters. The van der Waals surface area contributed by atoms with Gasteiger partial charge in [0.2, 0.25) is 0 Å². The Morgan fingerprint density at radius 1 is 1.12 bits per heavy atom. The highest BCUT2D eigenvalue weighted by Gasteiger charge is 2.45. The van der Waals surface area contributed by atoms with Crippen LogP contribution in [0.15, 0.2) is 65.8 Å². The van der Waals surface area contributed by atoms with Crippen LogP contribution in [0.2, 0.25) is 0 Å². The number of benzene rings is 2. The average molecular weight is 616 g/mol. The Hall–Kier alpha value is -3.65. The molecule has 9 nitrogen and oxygen atoms in total. The van der Waals surface area contributed by atoms with Crippen LogP contribution in [0.1, 0.15) is 70.0 Å². The minimum atomic E-state index is -4.53. The number of carbonyl (C=O) groups is 1. The van der Waals surface area contributed by atoms with E-state index in [-0.39, 0.29) is 34.8 Å². The normalized spacial score (nSPS) is 22.5. The van der Waals surface area contributed by atoms with Crippen molar-refractivity contribution < 1.29 is 32.2 Å². The first-order valence-corrected chi connectivity index (χ1v) is 15.5. The van der Waals surface area contributed by atoms with Crippen LogP contribution in [0, 0.1) is 5.92 Å². The van der Waals surface area contributed by atoms with Gasteiger partial charge in [-0.25, -0.2) is 4.79 Å². The lowest BCUT2D eigenvalue weighted by Gasteiger charge is -2.43. The molecule has 2 aromatic heterocycles. The number of halogens is 3. The largest absolute Gasteiger partial charge is 0.478 e. The zero-order valence-corrected chi connectivity index (χ0v) is 24.4. The minimum Gasteiger partial charge on any atom is -0.478 e. The molecule has 2 aromatic carbocycles. The molecule has 0 spiro atoms. The lowest BCUT2D eigenvalue weighted by atomic mass is 9.95. The first kappa shape index (κ1) is 29.4. The molecule has 1 fully saturated rings. The lowest BCUT2D eigenvalue weighted by molar-refractivity contribution is -0.137. The number of carboxylic acid groups (broad SMARTS) is 1. The standard InChI is InChI=1S/C30H32F3N5O4S/c1-3-18-11-20-13-21(30(31,32)33)7-8-27(20)43(41,42)37(15-18)16-19-5-4-6-22(12-19)38-10-9-23(29(39)40)28(38)25-14-24(25)26-17-36(2)35-34-26/h4-10,12-13,17-18,24-25,41-42H,3,11,14-16H2,1-2H3,(H,39,40)/t18?,24-,25-/m1/s1. The lowest BCUT2D eigenvalue weighted by Crippen LogP contribution is -2.30. The fourth-order valence-corrected chi connectivity index (χ4v) is 7.88. The Balaban J connectivity index is 1.32. The van der Waals surface area contributed by atoms with E-state index in [2.05, 4.69) is 10.3 Å². The SMILES string of the molecule is CCC1Cc2cc(C(F)(F)F)ccc2S(O)(O)N(Cc2cccc(-n3ccc(C(=O)O)c3[C@@H]3C[C@H]3c3cn(C)nn3)c2)C1. The van der Waals surface area contributed by atoms with E-state index >= 15 is 0 Å². The van der Waals surface area contributed by atoms with Crippen LogP contribution in [0.5, 0.6) is 0 Å². The minimum absolute atomic E-state index is 0.0533. The Morgan fingerprint density at radius 2 is 1.91 bits per heavy atom. The zero-order chi connectivity index (χ0) is 30.7. The monoisotopic (exact) mass is 615 g/mol. The Bertz CT molecular complexity index is 1680. The van der Waals surface area contributed by atoms with Gasteiger partial charge in [0.05, 0.1) is 21.7 Å². The summed E-state index contributed by atoms with van der Waals surface area (Å²) in [5.41, 5.74) is 2.66. The fourth-order valence-electron chi connectivity index (χ4n) is 6.11. The van der Waals surface area contributed by atoms with E-state index in [0.717, 1.165) is 35.5 Å². The van der Waals surface area contributed by atoms with Crippen molar-refractivity contribution >= 4 is 16.7 Å². The summed E-state index contributed by atoms with van der Waals surface area (Å²) < 4.78 is 68.3. The molecule has 4 aromatic rings. The number of fused-ring (bicyclic) bond motifs is 1. The zero-order valence-electron chi connectivity index (χ0n) is 23.6. The molecule has 13 heteroatoms. The molecule has 3 heterocycles. The van der Waals surface area contributed by atoms with Crippen LogP contribution in [0.25, 0.3) is 5.69 Å². The molecule has 1 saturated carbocycles. The van der Waals surface area contributed by atoms with Crippen molar-refractivity contribution in [1.29, 1.82) is 0 Å². The van der Waals surface area contributed by atoms with E-state index in [4.69, 9.17) is 0 Å². The first-order valence-electron chi connectivity index (χ1n) is 14.0. The molecule has 0 radical (unpaired) electrons. The summed E-state index contributed by atoms with van der Waals surface area (Å²) in [6.07, 6.45) is 0.738. The van der Waals surface area contributed by atoms with E-state index < -0.39 is 28.5 Å². The number of nitrogens with zero attached hydrogens (tertiary/aromatic N) is 5. The van der Waals surface area contributed by atoms with Crippen LogP contribution < -0.4 is 0 Å². The van der Waals surface area contributed by atoms with E-state index in [1.807, 2.05) is 42.0 Å². The maximum Gasteiger partial charge on any atom is 0.416 e. The Kier molecular flexibility index (Phi) is 7.40. The smallest absolute Gasteiger partial charge is 0.416 e. The van der Waals surface area contributed by atoms with Gasteiger partial charge < -0.3 is 9.67 Å². The fraction of sp³-hybridized carbons (Fsp3) is 0.367.